The third-order valence-corrected chi connectivity index (χ3v) is 8.85. The number of nitrogens with zero attached hydrogens (tertiary/aromatic N) is 4. The summed E-state index contributed by atoms with van der Waals surface area (Å²) < 4.78 is 1.82. The lowest BCUT2D eigenvalue weighted by atomic mass is 10.0. The number of anilines is 1. The van der Waals surface area contributed by atoms with Crippen molar-refractivity contribution in [2.24, 2.45) is 5.16 Å². The molecule has 2 unspecified atom stereocenters. The first-order valence-electron chi connectivity index (χ1n) is 12.3. The minimum absolute atomic E-state index is 0.000882. The number of H-pyrrole nitrogens is 1. The van der Waals surface area contributed by atoms with Crippen molar-refractivity contribution in [2.45, 2.75) is 31.0 Å². The molecule has 17 heteroatoms. The second-order valence-corrected chi connectivity index (χ2v) is 11.9. The smallest absolute Gasteiger partial charge is 0.352 e. The number of carboxylic acids is 2. The lowest BCUT2D eigenvalue weighted by Crippen LogP contribution is -2.71. The molecule has 42 heavy (non-hydrogen) atoms. The van der Waals surface area contributed by atoms with Crippen LogP contribution in [0.2, 0.25) is 4.34 Å². The molecule has 1 fully saturated rings. The molecule has 2 amide bonds. The van der Waals surface area contributed by atoms with E-state index >= 15 is 0 Å². The van der Waals surface area contributed by atoms with E-state index in [1.165, 1.54) is 18.7 Å². The first-order valence-corrected chi connectivity index (χ1v) is 14.5. The van der Waals surface area contributed by atoms with Crippen molar-refractivity contribution >= 4 is 69.3 Å². The number of nitrogens with two attached hydrogens (primary N) is 1. The van der Waals surface area contributed by atoms with E-state index in [2.05, 4.69) is 20.4 Å². The fourth-order valence-corrected chi connectivity index (χ4v) is 6.59. The Balaban J connectivity index is 1.34. The molecule has 0 saturated carbocycles. The van der Waals surface area contributed by atoms with E-state index in [9.17, 15) is 24.3 Å². The summed E-state index contributed by atoms with van der Waals surface area (Å²) in [5.41, 5.74) is 7.44. The van der Waals surface area contributed by atoms with E-state index in [4.69, 9.17) is 27.3 Å². The zero-order valence-electron chi connectivity index (χ0n) is 21.7. The van der Waals surface area contributed by atoms with Crippen LogP contribution in [0.4, 0.5) is 5.13 Å². The molecule has 0 spiro atoms. The summed E-state index contributed by atoms with van der Waals surface area (Å²) in [5.74, 6) is -3.86. The molecule has 1 saturated heterocycles. The summed E-state index contributed by atoms with van der Waals surface area (Å²) in [6.07, 6.45) is 5.95. The number of aliphatic carboxylic acids is 2. The van der Waals surface area contributed by atoms with Crippen molar-refractivity contribution < 1.29 is 38.8 Å². The van der Waals surface area contributed by atoms with Gasteiger partial charge in [0.15, 0.2) is 29.8 Å². The highest BCUT2D eigenvalue weighted by atomic mass is 35.5. The van der Waals surface area contributed by atoms with Crippen LogP contribution in [0.15, 0.2) is 59.4 Å². The molecule has 5 rings (SSSR count). The summed E-state index contributed by atoms with van der Waals surface area (Å²) in [6.45, 7) is 1.45. The highest BCUT2D eigenvalue weighted by Crippen LogP contribution is 2.40. The Kier molecular flexibility index (Phi) is 8.20. The average molecular weight is 633 g/mol. The third kappa shape index (κ3) is 5.68. The molecular weight excluding hydrogens is 610 g/mol. The number of β-lactam (4-membered cyclic amide) rings is 1. The molecule has 0 aliphatic carbocycles. The van der Waals surface area contributed by atoms with Crippen LogP contribution in [0.5, 0.6) is 0 Å². The van der Waals surface area contributed by atoms with Crippen molar-refractivity contribution in [3.63, 3.8) is 0 Å². The second kappa shape index (κ2) is 11.8. The number of nitrogens with one attached hydrogen (secondary N) is 2. The molecule has 2 aliphatic rings. The largest absolute Gasteiger partial charge is 0.478 e. The van der Waals surface area contributed by atoms with E-state index in [-0.39, 0.29) is 27.4 Å². The molecule has 3 aromatic rings. The number of thioether (sulfide) groups is 1. The highest BCUT2D eigenvalue weighted by molar-refractivity contribution is 8.00. The summed E-state index contributed by atoms with van der Waals surface area (Å²) in [6, 6.07) is 4.66. The molecule has 3 atom stereocenters. The van der Waals surface area contributed by atoms with Gasteiger partial charge in [0.2, 0.25) is 6.10 Å². The first kappa shape index (κ1) is 29.1. The molecule has 0 aromatic carbocycles. The number of hydrogen-bond donors (Lipinski definition) is 5. The standard InChI is InChI=1S/C25H22ClN7O7S2/c1-11(23(36)37)40-31-16(15-19(26)42-25(27)30-15)20(34)29-17-21(35)33-18(24(38)39)14(10-41-22(17)33)9-32-6-3-12(4-7-32)13-2-5-28-8-13/h2-8,11,17,22H,9-10H2,1H3,(H5,27,29,30,34,36,37,38,39)/p+1/t11-,17?,22?/m0/s1. The lowest BCUT2D eigenvalue weighted by molar-refractivity contribution is -0.689. The summed E-state index contributed by atoms with van der Waals surface area (Å²) in [4.78, 5) is 62.9. The number of hydrogen-bond acceptors (Lipinski definition) is 10. The van der Waals surface area contributed by atoms with Gasteiger partial charge >= 0.3 is 11.9 Å². The molecule has 0 bridgehead atoms. The number of carbonyl (C=O) groups is 4. The van der Waals surface area contributed by atoms with Gasteiger partial charge in [-0.1, -0.05) is 28.1 Å². The van der Waals surface area contributed by atoms with Crippen LogP contribution < -0.4 is 15.6 Å². The predicted molar refractivity (Wildman–Crippen MR) is 152 cm³/mol. The Labute approximate surface area is 250 Å². The SMILES string of the molecule is C[C@H](ON=C(C(=O)NC1C(=O)N2C(C(=O)O)=C(C[n+]3ccc(-c4cc[nH]c4)cc3)CSC12)c1nc(N)sc1Cl)C(=O)O. The Morgan fingerprint density at radius 1 is 1.31 bits per heavy atom. The number of halogens is 1. The summed E-state index contributed by atoms with van der Waals surface area (Å²) in [7, 11) is 0. The summed E-state index contributed by atoms with van der Waals surface area (Å²) >= 11 is 8.31. The molecular formula is C25H23ClN7O7S2+. The topological polar surface area (TPSA) is 204 Å². The Hall–Kier alpha value is -4.41. The van der Waals surface area contributed by atoms with Crippen LogP contribution in [0, 0.1) is 0 Å². The average Bonchev–Trinajstić information content (AvgIpc) is 3.61. The zero-order valence-corrected chi connectivity index (χ0v) is 24.1. The number of carboxylic acid groups (broad SMARTS) is 2. The van der Waals surface area contributed by atoms with Gasteiger partial charge in [0.25, 0.3) is 11.8 Å². The molecule has 5 heterocycles. The van der Waals surface area contributed by atoms with Crippen molar-refractivity contribution in [3.8, 4) is 11.1 Å². The number of nitrogen functional groups attached to an aromatic ring is 1. The van der Waals surface area contributed by atoms with Crippen molar-refractivity contribution in [2.75, 3.05) is 11.5 Å². The van der Waals surface area contributed by atoms with Crippen LogP contribution >= 0.6 is 34.7 Å². The maximum Gasteiger partial charge on any atom is 0.352 e. The number of oxime groups is 1. The van der Waals surface area contributed by atoms with Gasteiger partial charge < -0.3 is 31.1 Å². The van der Waals surface area contributed by atoms with Crippen LogP contribution in [0.1, 0.15) is 12.6 Å². The maximum atomic E-state index is 13.2. The van der Waals surface area contributed by atoms with Gasteiger partial charge in [0.05, 0.1) is 0 Å². The fourth-order valence-electron chi connectivity index (χ4n) is 4.33. The predicted octanol–water partition coefficient (Wildman–Crippen LogP) is 1.29. The zero-order chi connectivity index (χ0) is 30.1. The van der Waals surface area contributed by atoms with Gasteiger partial charge in [-0.25, -0.2) is 19.1 Å². The van der Waals surface area contributed by atoms with Gasteiger partial charge in [-0.05, 0) is 24.1 Å². The van der Waals surface area contributed by atoms with Gasteiger partial charge in [-0.3, -0.25) is 14.5 Å². The monoisotopic (exact) mass is 632 g/mol. The normalized spacial score (nSPS) is 19.1. The van der Waals surface area contributed by atoms with Crippen molar-refractivity contribution in [1.29, 1.82) is 0 Å². The van der Waals surface area contributed by atoms with Crippen LogP contribution in [-0.4, -0.2) is 77.8 Å². The number of thiazole rings is 1. The van der Waals surface area contributed by atoms with Crippen LogP contribution in [0.3, 0.4) is 0 Å². The molecule has 3 aromatic heterocycles. The number of rotatable bonds is 10. The Morgan fingerprint density at radius 2 is 2.05 bits per heavy atom. The van der Waals surface area contributed by atoms with E-state index in [1.54, 1.807) is 0 Å². The Morgan fingerprint density at radius 3 is 2.64 bits per heavy atom. The van der Waals surface area contributed by atoms with E-state index in [0.717, 1.165) is 27.4 Å². The minimum Gasteiger partial charge on any atom is -0.478 e. The molecule has 6 N–H and O–H groups in total. The van der Waals surface area contributed by atoms with Crippen molar-refractivity contribution in [1.82, 2.24) is 20.2 Å². The van der Waals surface area contributed by atoms with E-state index < -0.39 is 47.0 Å². The van der Waals surface area contributed by atoms with Gasteiger partial charge in [-0.15, -0.1) is 11.8 Å². The lowest BCUT2D eigenvalue weighted by Gasteiger charge is -2.49. The highest BCUT2D eigenvalue weighted by Gasteiger charge is 2.55. The van der Waals surface area contributed by atoms with Gasteiger partial charge in [0.1, 0.15) is 27.1 Å². The number of carbonyl (C=O) groups excluding carboxylic acids is 2. The van der Waals surface area contributed by atoms with Gasteiger partial charge in [-0.2, -0.15) is 0 Å². The molecule has 14 nitrogen and oxygen atoms in total. The second-order valence-electron chi connectivity index (χ2n) is 9.18. The molecule has 2 aliphatic heterocycles. The fraction of sp³-hybridized carbons (Fsp3) is 0.240. The molecule has 0 radical (unpaired) electrons. The van der Waals surface area contributed by atoms with E-state index in [0.29, 0.717) is 11.3 Å². The maximum absolute atomic E-state index is 13.2. The van der Waals surface area contributed by atoms with Crippen LogP contribution in [0.25, 0.3) is 11.1 Å². The quantitative estimate of drug-likeness (QED) is 0.0937. The third-order valence-electron chi connectivity index (χ3n) is 6.42. The van der Waals surface area contributed by atoms with Gasteiger partial charge in [0, 0.05) is 35.9 Å². The summed E-state index contributed by atoms with van der Waals surface area (Å²) in [5, 5.41) is 24.6. The number of pyridine rings is 1. The molecule has 218 valence electrons. The minimum atomic E-state index is -1.40. The Bertz CT molecular complexity index is 1620. The van der Waals surface area contributed by atoms with Crippen LogP contribution in [-0.2, 0) is 30.6 Å². The van der Waals surface area contributed by atoms with Crippen molar-refractivity contribution in [3.05, 3.63) is 64.3 Å². The number of aromatic amines is 1. The number of aromatic nitrogens is 3. The number of amides is 2. The first-order chi connectivity index (χ1) is 20.0. The van der Waals surface area contributed by atoms with E-state index in [1.807, 2.05) is 47.6 Å². The number of fused-ring (bicyclic) bond motifs is 1.